The van der Waals surface area contributed by atoms with Crippen LogP contribution in [0.2, 0.25) is 0 Å². The van der Waals surface area contributed by atoms with E-state index < -0.39 is 5.97 Å². The van der Waals surface area contributed by atoms with Gasteiger partial charge < -0.3 is 9.67 Å². The molecule has 0 aromatic carbocycles. The summed E-state index contributed by atoms with van der Waals surface area (Å²) in [6, 6.07) is 2.19. The van der Waals surface area contributed by atoms with Crippen LogP contribution in [-0.2, 0) is 11.3 Å². The van der Waals surface area contributed by atoms with Crippen molar-refractivity contribution >= 4 is 29.1 Å². The van der Waals surface area contributed by atoms with Crippen LogP contribution in [-0.4, -0.2) is 26.4 Å². The van der Waals surface area contributed by atoms with Crippen LogP contribution in [0.15, 0.2) is 17.4 Å². The number of aliphatic carboxylic acids is 1. The van der Waals surface area contributed by atoms with E-state index in [1.54, 1.807) is 17.5 Å². The quantitative estimate of drug-likeness (QED) is 0.861. The van der Waals surface area contributed by atoms with Gasteiger partial charge in [0.25, 0.3) is 0 Å². The van der Waals surface area contributed by atoms with Crippen molar-refractivity contribution in [2.45, 2.75) is 32.5 Å². The van der Waals surface area contributed by atoms with Gasteiger partial charge in [0.05, 0.1) is 12.3 Å². The first-order valence-electron chi connectivity index (χ1n) is 5.90. The van der Waals surface area contributed by atoms with E-state index in [1.165, 1.54) is 27.1 Å². The summed E-state index contributed by atoms with van der Waals surface area (Å²) in [5, 5.41) is 9.51. The number of carboxylic acids is 1. The van der Waals surface area contributed by atoms with Crippen molar-refractivity contribution in [2.75, 3.05) is 5.75 Å². The Kier molecular flexibility index (Phi) is 4.31. The van der Waals surface area contributed by atoms with E-state index in [2.05, 4.69) is 29.5 Å². The molecule has 0 saturated heterocycles. The van der Waals surface area contributed by atoms with Gasteiger partial charge in [-0.3, -0.25) is 4.79 Å². The minimum Gasteiger partial charge on any atom is -0.481 e. The molecule has 6 heteroatoms. The molecule has 2 rings (SSSR count). The number of hydrogen-bond donors (Lipinski definition) is 1. The monoisotopic (exact) mass is 296 g/mol. The van der Waals surface area contributed by atoms with Crippen LogP contribution < -0.4 is 0 Å². The number of rotatable bonds is 5. The lowest BCUT2D eigenvalue weighted by Gasteiger charge is -2.07. The van der Waals surface area contributed by atoms with Crippen LogP contribution in [0.5, 0.6) is 0 Å². The predicted octanol–water partition coefficient (Wildman–Crippen LogP) is 3.09. The summed E-state index contributed by atoms with van der Waals surface area (Å²) in [4.78, 5) is 17.5. The molecule has 0 aliphatic rings. The number of thiophene rings is 1. The molecule has 0 radical (unpaired) electrons. The van der Waals surface area contributed by atoms with E-state index in [9.17, 15) is 4.79 Å². The summed E-state index contributed by atoms with van der Waals surface area (Å²) in [5.74, 6) is -0.779. The first-order valence-corrected chi connectivity index (χ1v) is 7.70. The Morgan fingerprint density at radius 1 is 1.47 bits per heavy atom. The first kappa shape index (κ1) is 14.1. The van der Waals surface area contributed by atoms with Crippen molar-refractivity contribution in [3.63, 3.8) is 0 Å². The van der Waals surface area contributed by atoms with Crippen LogP contribution in [0, 0.1) is 20.8 Å². The van der Waals surface area contributed by atoms with Gasteiger partial charge in [-0.15, -0.1) is 11.3 Å². The number of thioether (sulfide) groups is 1. The predicted molar refractivity (Wildman–Crippen MR) is 78.2 cm³/mol. The van der Waals surface area contributed by atoms with Crippen molar-refractivity contribution in [3.05, 3.63) is 33.3 Å². The normalized spacial score (nSPS) is 10.9. The molecule has 0 amide bonds. The number of carboxylic acid groups (broad SMARTS) is 1. The van der Waals surface area contributed by atoms with Crippen LogP contribution in [0.4, 0.5) is 0 Å². The molecule has 102 valence electrons. The summed E-state index contributed by atoms with van der Waals surface area (Å²) >= 11 is 3.04. The maximum Gasteiger partial charge on any atom is 0.313 e. The van der Waals surface area contributed by atoms with Gasteiger partial charge in [0.15, 0.2) is 5.16 Å². The van der Waals surface area contributed by atoms with Gasteiger partial charge in [0.2, 0.25) is 0 Å². The molecule has 0 fully saturated rings. The van der Waals surface area contributed by atoms with E-state index in [-0.39, 0.29) is 5.75 Å². The third-order valence-electron chi connectivity index (χ3n) is 2.87. The molecule has 2 aromatic heterocycles. The second-order valence-corrected chi connectivity index (χ2v) is 6.69. The zero-order valence-corrected chi connectivity index (χ0v) is 12.8. The van der Waals surface area contributed by atoms with Gasteiger partial charge in [-0.2, -0.15) is 0 Å². The molecule has 19 heavy (non-hydrogen) atoms. The fourth-order valence-corrected chi connectivity index (χ4v) is 3.54. The largest absolute Gasteiger partial charge is 0.481 e. The van der Waals surface area contributed by atoms with E-state index >= 15 is 0 Å². The van der Waals surface area contributed by atoms with E-state index in [4.69, 9.17) is 5.11 Å². The smallest absolute Gasteiger partial charge is 0.313 e. The van der Waals surface area contributed by atoms with Crippen LogP contribution >= 0.6 is 23.1 Å². The standard InChI is InChI=1S/C13H16N2O2S2/c1-8-4-11(19-10(8)3)6-15-9(2)5-14-13(15)18-7-12(16)17/h4-5H,6-7H2,1-3H3,(H,16,17). The fourth-order valence-electron chi connectivity index (χ4n) is 1.76. The number of hydrogen-bond acceptors (Lipinski definition) is 4. The van der Waals surface area contributed by atoms with Crippen molar-refractivity contribution in [1.29, 1.82) is 0 Å². The average Bonchev–Trinajstić information content (AvgIpc) is 2.83. The fraction of sp³-hybridized carbons (Fsp3) is 0.385. The van der Waals surface area contributed by atoms with Gasteiger partial charge in [-0.05, 0) is 32.4 Å². The van der Waals surface area contributed by atoms with Gasteiger partial charge >= 0.3 is 5.97 Å². The number of carbonyl (C=O) groups is 1. The first-order chi connectivity index (χ1) is 8.97. The van der Waals surface area contributed by atoms with Gasteiger partial charge in [0.1, 0.15) is 0 Å². The Morgan fingerprint density at radius 3 is 2.79 bits per heavy atom. The molecule has 0 aliphatic carbocycles. The molecule has 0 spiro atoms. The molecule has 2 heterocycles. The summed E-state index contributed by atoms with van der Waals surface area (Å²) < 4.78 is 2.07. The summed E-state index contributed by atoms with van der Waals surface area (Å²) in [6.07, 6.45) is 1.79. The highest BCUT2D eigenvalue weighted by atomic mass is 32.2. The Hall–Kier alpha value is -1.27. The lowest BCUT2D eigenvalue weighted by atomic mass is 10.3. The second kappa shape index (κ2) is 5.79. The molecule has 4 nitrogen and oxygen atoms in total. The average molecular weight is 296 g/mol. The maximum atomic E-state index is 10.6. The molecule has 1 N–H and O–H groups in total. The Labute approximate surface area is 120 Å². The molecule has 0 unspecified atom stereocenters. The minimum atomic E-state index is -0.819. The summed E-state index contributed by atoms with van der Waals surface area (Å²) in [7, 11) is 0. The summed E-state index contributed by atoms with van der Waals surface area (Å²) in [6.45, 7) is 6.97. The lowest BCUT2D eigenvalue weighted by molar-refractivity contribution is -0.133. The third-order valence-corrected chi connectivity index (χ3v) is 4.99. The van der Waals surface area contributed by atoms with Crippen molar-refractivity contribution in [3.8, 4) is 0 Å². The summed E-state index contributed by atoms with van der Waals surface area (Å²) in [5.41, 5.74) is 2.36. The van der Waals surface area contributed by atoms with Crippen molar-refractivity contribution < 1.29 is 9.90 Å². The number of imidazole rings is 1. The van der Waals surface area contributed by atoms with E-state index in [1.807, 2.05) is 6.92 Å². The zero-order valence-electron chi connectivity index (χ0n) is 11.1. The van der Waals surface area contributed by atoms with Crippen molar-refractivity contribution in [1.82, 2.24) is 9.55 Å². The molecule has 0 aliphatic heterocycles. The Balaban J connectivity index is 2.19. The van der Waals surface area contributed by atoms with Crippen molar-refractivity contribution in [2.24, 2.45) is 0 Å². The molecule has 2 aromatic rings. The van der Waals surface area contributed by atoms with Crippen LogP contribution in [0.3, 0.4) is 0 Å². The third kappa shape index (κ3) is 3.39. The zero-order chi connectivity index (χ0) is 14.0. The van der Waals surface area contributed by atoms with Gasteiger partial charge in [-0.25, -0.2) is 4.98 Å². The van der Waals surface area contributed by atoms with Gasteiger partial charge in [0, 0.05) is 21.6 Å². The Bertz CT molecular complexity index is 582. The van der Waals surface area contributed by atoms with Gasteiger partial charge in [-0.1, -0.05) is 11.8 Å². The lowest BCUT2D eigenvalue weighted by Crippen LogP contribution is -2.05. The number of aromatic nitrogens is 2. The number of nitrogens with zero attached hydrogens (tertiary/aromatic N) is 2. The Morgan fingerprint density at radius 2 is 2.21 bits per heavy atom. The second-order valence-electron chi connectivity index (χ2n) is 4.40. The topological polar surface area (TPSA) is 55.1 Å². The highest BCUT2D eigenvalue weighted by Crippen LogP contribution is 2.25. The van der Waals surface area contributed by atoms with E-state index in [0.717, 1.165) is 17.4 Å². The number of aryl methyl sites for hydroxylation is 3. The molecule has 0 atom stereocenters. The highest BCUT2D eigenvalue weighted by Gasteiger charge is 2.11. The molecular formula is C13H16N2O2S2. The van der Waals surface area contributed by atoms with E-state index in [0.29, 0.717) is 0 Å². The minimum absolute atomic E-state index is 0.0406. The molecule has 0 saturated carbocycles. The molecular weight excluding hydrogens is 280 g/mol. The highest BCUT2D eigenvalue weighted by molar-refractivity contribution is 7.99. The SMILES string of the molecule is Cc1cc(Cn2c(C)cnc2SCC(=O)O)sc1C. The van der Waals surface area contributed by atoms with Crippen LogP contribution in [0.25, 0.3) is 0 Å². The molecule has 0 bridgehead atoms. The van der Waals surface area contributed by atoms with Crippen LogP contribution in [0.1, 0.15) is 21.0 Å². The maximum absolute atomic E-state index is 10.6.